The van der Waals surface area contributed by atoms with E-state index in [0.717, 1.165) is 21.7 Å². The summed E-state index contributed by atoms with van der Waals surface area (Å²) in [5.74, 6) is 1.90. The van der Waals surface area contributed by atoms with E-state index >= 15 is 0 Å². The highest BCUT2D eigenvalue weighted by atomic mass is 79.9. The fourth-order valence-corrected chi connectivity index (χ4v) is 2.53. The maximum absolute atomic E-state index is 5.67. The van der Waals surface area contributed by atoms with E-state index < -0.39 is 0 Å². The molecule has 1 aromatic carbocycles. The Morgan fingerprint density at radius 2 is 2.00 bits per heavy atom. The van der Waals surface area contributed by atoms with Gasteiger partial charge in [0.05, 0.1) is 4.47 Å². The van der Waals surface area contributed by atoms with E-state index in [9.17, 15) is 0 Å². The normalized spacial score (nSPS) is 10.7. The van der Waals surface area contributed by atoms with Crippen molar-refractivity contribution >= 4 is 28.1 Å². The minimum atomic E-state index is 0.342. The van der Waals surface area contributed by atoms with Gasteiger partial charge in [0.2, 0.25) is 0 Å². The van der Waals surface area contributed by atoms with Gasteiger partial charge in [-0.3, -0.25) is 0 Å². The van der Waals surface area contributed by atoms with Crippen molar-refractivity contribution in [3.8, 4) is 5.75 Å². The molecular formula is C14H15BrN2OS. The minimum absolute atomic E-state index is 0.342. The van der Waals surface area contributed by atoms with Gasteiger partial charge < -0.3 is 9.72 Å². The molecule has 0 amide bonds. The number of nitrogens with zero attached hydrogens (tertiary/aromatic N) is 1. The van der Waals surface area contributed by atoms with E-state index in [4.69, 9.17) is 17.0 Å². The van der Waals surface area contributed by atoms with Gasteiger partial charge in [0.1, 0.15) is 22.8 Å². The highest BCUT2D eigenvalue weighted by Gasteiger charge is 2.10. The van der Waals surface area contributed by atoms with Crippen LogP contribution < -0.4 is 4.74 Å². The Kier molecular flexibility index (Phi) is 4.71. The molecule has 3 nitrogen and oxygen atoms in total. The molecule has 2 rings (SSSR count). The van der Waals surface area contributed by atoms with Gasteiger partial charge in [-0.1, -0.05) is 44.3 Å². The first-order chi connectivity index (χ1) is 9.08. The number of halogens is 1. The molecule has 0 bridgehead atoms. The molecule has 0 radical (unpaired) electrons. The molecule has 2 aromatic rings. The first kappa shape index (κ1) is 14.2. The third kappa shape index (κ3) is 3.64. The van der Waals surface area contributed by atoms with Gasteiger partial charge in [0.25, 0.3) is 0 Å². The molecule has 0 saturated carbocycles. The molecule has 0 atom stereocenters. The molecule has 0 fully saturated rings. The summed E-state index contributed by atoms with van der Waals surface area (Å²) >= 11 is 8.72. The third-order valence-corrected chi connectivity index (χ3v) is 4.00. The highest BCUT2D eigenvalue weighted by molar-refractivity contribution is 9.10. The molecule has 0 aliphatic rings. The maximum Gasteiger partial charge on any atom is 0.146 e. The van der Waals surface area contributed by atoms with Gasteiger partial charge in [0.15, 0.2) is 0 Å². The summed E-state index contributed by atoms with van der Waals surface area (Å²) in [7, 11) is 0. The molecule has 0 aliphatic heterocycles. The van der Waals surface area contributed by atoms with Gasteiger partial charge in [-0.05, 0) is 34.0 Å². The molecule has 1 N–H and O–H groups in total. The van der Waals surface area contributed by atoms with E-state index in [0.29, 0.717) is 17.2 Å². The van der Waals surface area contributed by atoms with Gasteiger partial charge >= 0.3 is 0 Å². The first-order valence-electron chi connectivity index (χ1n) is 6.04. The lowest BCUT2D eigenvalue weighted by atomic mass is 10.1. The second-order valence-electron chi connectivity index (χ2n) is 4.47. The Labute approximate surface area is 126 Å². The van der Waals surface area contributed by atoms with Crippen LogP contribution in [0.1, 0.15) is 31.3 Å². The number of rotatable bonds is 4. The Morgan fingerprint density at radius 1 is 1.32 bits per heavy atom. The van der Waals surface area contributed by atoms with Crippen molar-refractivity contribution < 1.29 is 4.74 Å². The van der Waals surface area contributed by atoms with E-state index in [1.54, 1.807) is 0 Å². The predicted molar refractivity (Wildman–Crippen MR) is 82.0 cm³/mol. The lowest BCUT2D eigenvalue weighted by Gasteiger charge is -2.12. The monoisotopic (exact) mass is 338 g/mol. The van der Waals surface area contributed by atoms with Crippen LogP contribution in [-0.2, 0) is 6.61 Å². The molecular weight excluding hydrogens is 324 g/mol. The second-order valence-corrected chi connectivity index (χ2v) is 5.65. The van der Waals surface area contributed by atoms with Crippen LogP contribution in [0.3, 0.4) is 0 Å². The fraction of sp³-hybridized carbons (Fsp3) is 0.286. The molecule has 100 valence electrons. The molecule has 0 unspecified atom stereocenters. The molecule has 1 aromatic heterocycles. The van der Waals surface area contributed by atoms with Crippen molar-refractivity contribution in [2.24, 2.45) is 0 Å². The van der Waals surface area contributed by atoms with Gasteiger partial charge in [-0.2, -0.15) is 0 Å². The zero-order valence-corrected chi connectivity index (χ0v) is 13.2. The lowest BCUT2D eigenvalue weighted by Crippen LogP contribution is -2.06. The number of para-hydroxylation sites is 1. The minimum Gasteiger partial charge on any atom is -0.486 e. The Balaban J connectivity index is 2.20. The summed E-state index contributed by atoms with van der Waals surface area (Å²) < 4.78 is 7.09. The number of aromatic nitrogens is 2. The molecule has 0 aliphatic carbocycles. The van der Waals surface area contributed by atoms with E-state index in [1.165, 1.54) is 0 Å². The summed E-state index contributed by atoms with van der Waals surface area (Å²) in [6, 6.07) is 9.65. The maximum atomic E-state index is 5.67. The third-order valence-electron chi connectivity index (χ3n) is 2.64. The molecule has 19 heavy (non-hydrogen) atoms. The van der Waals surface area contributed by atoms with Crippen LogP contribution in [0.25, 0.3) is 0 Å². The number of ether oxygens (including phenoxy) is 1. The number of hydrogen-bond donors (Lipinski definition) is 1. The number of aromatic amines is 1. The topological polar surface area (TPSA) is 37.9 Å². The van der Waals surface area contributed by atoms with Crippen LogP contribution in [0.15, 0.2) is 34.8 Å². The molecule has 0 saturated heterocycles. The van der Waals surface area contributed by atoms with E-state index in [2.05, 4.69) is 39.7 Å². The fourth-order valence-electron chi connectivity index (χ4n) is 1.66. The van der Waals surface area contributed by atoms with Crippen molar-refractivity contribution in [3.05, 3.63) is 51.0 Å². The van der Waals surface area contributed by atoms with Crippen molar-refractivity contribution in [1.29, 1.82) is 0 Å². The Bertz CT molecular complexity index is 611. The summed E-state index contributed by atoms with van der Waals surface area (Å²) in [6.45, 7) is 4.58. The summed E-state index contributed by atoms with van der Waals surface area (Å²) in [4.78, 5) is 7.59. The van der Waals surface area contributed by atoms with Gasteiger partial charge in [-0.25, -0.2) is 4.98 Å². The van der Waals surface area contributed by atoms with Crippen molar-refractivity contribution in [2.75, 3.05) is 0 Å². The number of H-pyrrole nitrogens is 1. The van der Waals surface area contributed by atoms with Crippen LogP contribution in [-0.4, -0.2) is 9.97 Å². The zero-order valence-electron chi connectivity index (χ0n) is 10.8. The van der Waals surface area contributed by atoms with Crippen LogP contribution in [0.4, 0.5) is 0 Å². The van der Waals surface area contributed by atoms with E-state index in [1.807, 2.05) is 30.3 Å². The smallest absolute Gasteiger partial charge is 0.146 e. The van der Waals surface area contributed by atoms with Crippen LogP contribution in [0, 0.1) is 4.64 Å². The summed E-state index contributed by atoms with van der Waals surface area (Å²) in [5.41, 5.74) is 1.05. The van der Waals surface area contributed by atoms with Crippen molar-refractivity contribution in [1.82, 2.24) is 9.97 Å². The molecule has 0 spiro atoms. The van der Waals surface area contributed by atoms with Crippen molar-refractivity contribution in [2.45, 2.75) is 26.4 Å². The summed E-state index contributed by atoms with van der Waals surface area (Å²) in [5, 5.41) is 0. The average molecular weight is 339 g/mol. The van der Waals surface area contributed by atoms with Crippen molar-refractivity contribution in [3.63, 3.8) is 0 Å². The van der Waals surface area contributed by atoms with Crippen LogP contribution >= 0.6 is 28.1 Å². The Morgan fingerprint density at radius 3 is 2.63 bits per heavy atom. The quantitative estimate of drug-likeness (QED) is 0.827. The Hall–Kier alpha value is -1.20. The largest absolute Gasteiger partial charge is 0.486 e. The zero-order chi connectivity index (χ0) is 13.8. The van der Waals surface area contributed by atoms with Gasteiger partial charge in [0, 0.05) is 5.69 Å². The number of hydrogen-bond acceptors (Lipinski definition) is 3. The average Bonchev–Trinajstić information content (AvgIpc) is 2.41. The number of nitrogens with one attached hydrogen (secondary N) is 1. The second kappa shape index (κ2) is 6.30. The highest BCUT2D eigenvalue weighted by Crippen LogP contribution is 2.23. The SMILES string of the molecule is CC(C)c1[nH]c(COc2ccccc2)nc(=S)c1Br. The first-order valence-corrected chi connectivity index (χ1v) is 7.24. The predicted octanol–water partition coefficient (Wildman–Crippen LogP) is 4.60. The lowest BCUT2D eigenvalue weighted by molar-refractivity contribution is 0.295. The van der Waals surface area contributed by atoms with Crippen LogP contribution in [0.2, 0.25) is 0 Å². The standard InChI is InChI=1S/C14H15BrN2OS/c1-9(2)13-12(15)14(19)17-11(16-13)8-18-10-6-4-3-5-7-10/h3-7,9H,8H2,1-2H3,(H,16,17,19). The molecule has 5 heteroatoms. The molecule has 1 heterocycles. The summed E-state index contributed by atoms with van der Waals surface area (Å²) in [6.07, 6.45) is 0. The van der Waals surface area contributed by atoms with E-state index in [-0.39, 0.29) is 0 Å². The van der Waals surface area contributed by atoms with Gasteiger partial charge in [-0.15, -0.1) is 0 Å². The van der Waals surface area contributed by atoms with Crippen LogP contribution in [0.5, 0.6) is 5.75 Å². The number of benzene rings is 1.